The molecule has 0 fully saturated rings. The van der Waals surface area contributed by atoms with Crippen molar-refractivity contribution in [1.29, 1.82) is 0 Å². The molecule has 1 heterocycles. The number of pyridine rings is 1. The molecule has 4 heteroatoms. The van der Waals surface area contributed by atoms with Gasteiger partial charge in [0.2, 0.25) is 5.91 Å². The van der Waals surface area contributed by atoms with Crippen molar-refractivity contribution in [3.63, 3.8) is 0 Å². The minimum absolute atomic E-state index is 0.384. The molecule has 0 radical (unpaired) electrons. The van der Waals surface area contributed by atoms with Gasteiger partial charge in [-0.25, -0.2) is 4.98 Å². The summed E-state index contributed by atoms with van der Waals surface area (Å²) in [6.07, 6.45) is 4.36. The lowest BCUT2D eigenvalue weighted by atomic mass is 10.2. The molecule has 1 rings (SSSR count). The van der Waals surface area contributed by atoms with Gasteiger partial charge in [-0.1, -0.05) is 0 Å². The van der Waals surface area contributed by atoms with Crippen LogP contribution in [0.2, 0.25) is 0 Å². The van der Waals surface area contributed by atoms with Crippen molar-refractivity contribution in [3.05, 3.63) is 30.0 Å². The highest BCUT2D eigenvalue weighted by atomic mass is 16.1. The lowest BCUT2D eigenvalue weighted by Gasteiger charge is -1.95. The minimum atomic E-state index is -0.502. The number of carbonyl (C=O) groups is 1. The normalized spacial score (nSPS) is 10.3. The van der Waals surface area contributed by atoms with Crippen molar-refractivity contribution in [2.75, 3.05) is 5.73 Å². The molecule has 1 aromatic heterocycles. The molecular weight excluding hydrogens is 154 g/mol. The van der Waals surface area contributed by atoms with E-state index in [1.807, 2.05) is 0 Å². The molecule has 0 aliphatic rings. The number of hydrogen-bond acceptors (Lipinski definition) is 3. The Labute approximate surface area is 69.9 Å². The van der Waals surface area contributed by atoms with Gasteiger partial charge in [-0.2, -0.15) is 0 Å². The number of nitrogen functional groups attached to an aromatic ring is 1. The standard InChI is InChI=1S/C8H9N3O/c9-7(12)4-3-6-2-1-5-11-8(6)10/h1-5H,(H2,9,12)(H2,10,11). The van der Waals surface area contributed by atoms with Crippen molar-refractivity contribution in [2.45, 2.75) is 0 Å². The number of carbonyl (C=O) groups excluding carboxylic acids is 1. The quantitative estimate of drug-likeness (QED) is 0.609. The van der Waals surface area contributed by atoms with E-state index >= 15 is 0 Å². The monoisotopic (exact) mass is 163 g/mol. The predicted octanol–water partition coefficient (Wildman–Crippen LogP) is 0.162. The second-order valence-corrected chi connectivity index (χ2v) is 2.21. The van der Waals surface area contributed by atoms with E-state index in [2.05, 4.69) is 4.98 Å². The second-order valence-electron chi connectivity index (χ2n) is 2.21. The van der Waals surface area contributed by atoms with E-state index in [0.29, 0.717) is 11.4 Å². The summed E-state index contributed by atoms with van der Waals surface area (Å²) in [6, 6.07) is 3.48. The van der Waals surface area contributed by atoms with Crippen LogP contribution in [0.15, 0.2) is 24.4 Å². The van der Waals surface area contributed by atoms with Crippen LogP contribution < -0.4 is 11.5 Å². The molecule has 1 aromatic rings. The molecule has 0 aromatic carbocycles. The fourth-order valence-corrected chi connectivity index (χ4v) is 0.743. The highest BCUT2D eigenvalue weighted by Gasteiger charge is 1.93. The summed E-state index contributed by atoms with van der Waals surface area (Å²) in [6.45, 7) is 0. The summed E-state index contributed by atoms with van der Waals surface area (Å²) in [7, 11) is 0. The smallest absolute Gasteiger partial charge is 0.241 e. The third-order valence-electron chi connectivity index (χ3n) is 1.30. The maximum absolute atomic E-state index is 10.4. The van der Waals surface area contributed by atoms with Crippen molar-refractivity contribution >= 4 is 17.8 Å². The number of nitrogens with zero attached hydrogens (tertiary/aromatic N) is 1. The van der Waals surface area contributed by atoms with Gasteiger partial charge < -0.3 is 11.5 Å². The first-order valence-corrected chi connectivity index (χ1v) is 3.38. The fraction of sp³-hybridized carbons (Fsp3) is 0. The number of primary amides is 1. The topological polar surface area (TPSA) is 82.0 Å². The fourth-order valence-electron chi connectivity index (χ4n) is 0.743. The number of nitrogens with two attached hydrogens (primary N) is 2. The van der Waals surface area contributed by atoms with E-state index in [1.54, 1.807) is 18.3 Å². The first-order chi connectivity index (χ1) is 5.70. The Bertz CT molecular complexity index is 320. The molecule has 0 aliphatic heterocycles. The summed E-state index contributed by atoms with van der Waals surface area (Å²) in [5.74, 6) is -0.117. The van der Waals surface area contributed by atoms with Gasteiger partial charge in [0.05, 0.1) is 0 Å². The van der Waals surface area contributed by atoms with Gasteiger partial charge in [-0.15, -0.1) is 0 Å². The maximum atomic E-state index is 10.4. The Kier molecular flexibility index (Phi) is 2.42. The molecule has 0 unspecified atom stereocenters. The highest BCUT2D eigenvalue weighted by Crippen LogP contribution is 2.07. The van der Waals surface area contributed by atoms with Gasteiger partial charge in [-0.3, -0.25) is 4.79 Å². The Morgan fingerprint density at radius 3 is 2.92 bits per heavy atom. The molecule has 0 bridgehead atoms. The van der Waals surface area contributed by atoms with E-state index in [4.69, 9.17) is 11.5 Å². The van der Waals surface area contributed by atoms with E-state index in [-0.39, 0.29) is 0 Å². The third-order valence-corrected chi connectivity index (χ3v) is 1.30. The molecule has 12 heavy (non-hydrogen) atoms. The number of rotatable bonds is 2. The number of amides is 1. The zero-order valence-electron chi connectivity index (χ0n) is 6.40. The lowest BCUT2D eigenvalue weighted by Crippen LogP contribution is -2.05. The van der Waals surface area contributed by atoms with Crippen LogP contribution in [0.4, 0.5) is 5.82 Å². The first-order valence-electron chi connectivity index (χ1n) is 3.38. The van der Waals surface area contributed by atoms with Gasteiger partial charge in [0.25, 0.3) is 0 Å². The van der Waals surface area contributed by atoms with E-state index in [9.17, 15) is 4.79 Å². The average molecular weight is 163 g/mol. The highest BCUT2D eigenvalue weighted by molar-refractivity contribution is 5.90. The lowest BCUT2D eigenvalue weighted by molar-refractivity contribution is -0.113. The number of hydrogen-bond donors (Lipinski definition) is 2. The molecule has 0 saturated carbocycles. The van der Waals surface area contributed by atoms with Crippen molar-refractivity contribution < 1.29 is 4.79 Å². The van der Waals surface area contributed by atoms with E-state index < -0.39 is 5.91 Å². The van der Waals surface area contributed by atoms with Crippen molar-refractivity contribution in [2.24, 2.45) is 5.73 Å². The van der Waals surface area contributed by atoms with E-state index in [0.717, 1.165) is 0 Å². The molecule has 4 nitrogen and oxygen atoms in total. The van der Waals surface area contributed by atoms with Crippen LogP contribution in [0.1, 0.15) is 5.56 Å². The van der Waals surface area contributed by atoms with Crippen LogP contribution >= 0.6 is 0 Å². The average Bonchev–Trinajstić information content (AvgIpc) is 2.03. The van der Waals surface area contributed by atoms with Crippen LogP contribution in [0.3, 0.4) is 0 Å². The molecule has 0 spiro atoms. The Morgan fingerprint density at radius 2 is 2.33 bits per heavy atom. The largest absolute Gasteiger partial charge is 0.383 e. The molecular formula is C8H9N3O. The van der Waals surface area contributed by atoms with Crippen LogP contribution in [-0.4, -0.2) is 10.9 Å². The molecule has 62 valence electrons. The number of anilines is 1. The Balaban J connectivity index is 2.89. The third kappa shape index (κ3) is 2.09. The van der Waals surface area contributed by atoms with Crippen LogP contribution in [0, 0.1) is 0 Å². The Hall–Kier alpha value is -1.84. The summed E-state index contributed by atoms with van der Waals surface area (Å²) in [5, 5.41) is 0. The van der Waals surface area contributed by atoms with Gasteiger partial charge in [0.1, 0.15) is 5.82 Å². The van der Waals surface area contributed by atoms with E-state index in [1.165, 1.54) is 12.2 Å². The summed E-state index contributed by atoms with van der Waals surface area (Å²) in [4.78, 5) is 14.2. The van der Waals surface area contributed by atoms with Gasteiger partial charge in [0, 0.05) is 17.8 Å². The summed E-state index contributed by atoms with van der Waals surface area (Å²) < 4.78 is 0. The summed E-state index contributed by atoms with van der Waals surface area (Å²) >= 11 is 0. The molecule has 0 saturated heterocycles. The van der Waals surface area contributed by atoms with Crippen LogP contribution in [0.5, 0.6) is 0 Å². The number of aromatic nitrogens is 1. The van der Waals surface area contributed by atoms with Gasteiger partial charge in [-0.05, 0) is 18.2 Å². The minimum Gasteiger partial charge on any atom is -0.383 e. The van der Waals surface area contributed by atoms with Gasteiger partial charge in [0.15, 0.2) is 0 Å². The molecule has 1 amide bonds. The molecule has 0 atom stereocenters. The SMILES string of the molecule is NC(=O)C=Cc1cccnc1N. The predicted molar refractivity (Wildman–Crippen MR) is 46.9 cm³/mol. The van der Waals surface area contributed by atoms with Crippen molar-refractivity contribution in [3.8, 4) is 0 Å². The zero-order chi connectivity index (χ0) is 8.97. The first kappa shape index (κ1) is 8.26. The molecule has 0 aliphatic carbocycles. The van der Waals surface area contributed by atoms with Crippen LogP contribution in [-0.2, 0) is 4.79 Å². The zero-order valence-corrected chi connectivity index (χ0v) is 6.40. The van der Waals surface area contributed by atoms with Crippen molar-refractivity contribution in [1.82, 2.24) is 4.98 Å². The maximum Gasteiger partial charge on any atom is 0.241 e. The Morgan fingerprint density at radius 1 is 1.58 bits per heavy atom. The van der Waals surface area contributed by atoms with Gasteiger partial charge >= 0.3 is 0 Å². The van der Waals surface area contributed by atoms with Crippen LogP contribution in [0.25, 0.3) is 6.08 Å². The summed E-state index contributed by atoms with van der Waals surface area (Å²) in [5.41, 5.74) is 11.1. The molecule has 4 N–H and O–H groups in total. The second kappa shape index (κ2) is 3.52.